The monoisotopic (exact) mass is 253 g/mol. The van der Waals surface area contributed by atoms with Crippen LogP contribution in [0.15, 0.2) is 30.3 Å². The lowest BCUT2D eigenvalue weighted by Gasteiger charge is -2.05. The lowest BCUT2D eigenvalue weighted by Crippen LogP contribution is -2.32. The number of carbonyl (C=O) groups excluding carboxylic acids is 1. The van der Waals surface area contributed by atoms with Crippen LogP contribution in [0, 0.1) is 5.92 Å². The summed E-state index contributed by atoms with van der Waals surface area (Å²) in [5.74, 6) is -0.455. The minimum Gasteiger partial charge on any atom is -0.293 e. The van der Waals surface area contributed by atoms with Crippen LogP contribution in [0.5, 0.6) is 0 Å². The number of benzene rings is 1. The number of sulfonamides is 1. The van der Waals surface area contributed by atoms with E-state index in [2.05, 4.69) is 4.72 Å². The zero-order valence-corrected chi connectivity index (χ0v) is 10.4. The first-order valence-corrected chi connectivity index (χ1v) is 7.21. The normalized spacial score (nSPS) is 23.4. The fraction of sp³-hybridized carbons (Fsp3) is 0.417. The molecule has 1 aromatic carbocycles. The van der Waals surface area contributed by atoms with Crippen LogP contribution in [0.2, 0.25) is 0 Å². The summed E-state index contributed by atoms with van der Waals surface area (Å²) in [4.78, 5) is 11.7. The molecule has 0 aliphatic heterocycles. The molecule has 1 aliphatic carbocycles. The van der Waals surface area contributed by atoms with Crippen LogP contribution < -0.4 is 4.72 Å². The van der Waals surface area contributed by atoms with Crippen molar-refractivity contribution in [2.45, 2.75) is 19.4 Å². The number of Topliss-reactive ketones (excluding diaryl/α,β-unsaturated/α-hetero) is 1. The molecule has 0 heterocycles. The molecule has 2 atom stereocenters. The van der Waals surface area contributed by atoms with Gasteiger partial charge < -0.3 is 0 Å². The second-order valence-corrected chi connectivity index (χ2v) is 6.24. The van der Waals surface area contributed by atoms with E-state index < -0.39 is 15.8 Å². The molecule has 1 N–H and O–H groups in total. The Bertz CT molecular complexity index is 510. The molecule has 0 aromatic heterocycles. The molecule has 0 bridgehead atoms. The van der Waals surface area contributed by atoms with Crippen LogP contribution in [-0.4, -0.2) is 26.0 Å². The fourth-order valence-corrected chi connectivity index (χ4v) is 3.02. The highest BCUT2D eigenvalue weighted by molar-refractivity contribution is 7.90. The summed E-state index contributed by atoms with van der Waals surface area (Å²) in [7, 11) is -3.50. The summed E-state index contributed by atoms with van der Waals surface area (Å²) >= 11 is 0. The molecule has 0 saturated heterocycles. The van der Waals surface area contributed by atoms with E-state index in [-0.39, 0.29) is 11.8 Å². The molecule has 1 fully saturated rings. The second-order valence-electron chi connectivity index (χ2n) is 4.49. The van der Waals surface area contributed by atoms with Crippen molar-refractivity contribution >= 4 is 15.8 Å². The minimum atomic E-state index is -3.50. The smallest absolute Gasteiger partial charge is 0.219 e. The predicted octanol–water partition coefficient (Wildman–Crippen LogP) is 1.20. The molecule has 17 heavy (non-hydrogen) atoms. The highest BCUT2D eigenvalue weighted by atomic mass is 32.2. The highest BCUT2D eigenvalue weighted by Gasteiger charge is 2.36. The second kappa shape index (κ2) is 4.58. The van der Waals surface area contributed by atoms with Crippen LogP contribution in [0.1, 0.15) is 23.7 Å². The van der Waals surface area contributed by atoms with E-state index >= 15 is 0 Å². The minimum absolute atomic E-state index is 0.0172. The van der Waals surface area contributed by atoms with Crippen molar-refractivity contribution in [2.24, 2.45) is 5.92 Å². The Balaban J connectivity index is 1.98. The molecule has 1 saturated carbocycles. The van der Waals surface area contributed by atoms with Gasteiger partial charge in [0.15, 0.2) is 5.78 Å². The Labute approximate surface area is 101 Å². The van der Waals surface area contributed by atoms with E-state index in [1.807, 2.05) is 6.92 Å². The average Bonchev–Trinajstić information content (AvgIpc) is 2.93. The topological polar surface area (TPSA) is 63.2 Å². The highest BCUT2D eigenvalue weighted by Crippen LogP contribution is 2.29. The Morgan fingerprint density at radius 3 is 2.47 bits per heavy atom. The van der Waals surface area contributed by atoms with E-state index in [0.717, 1.165) is 6.42 Å². The number of hydrogen-bond donors (Lipinski definition) is 1. The lowest BCUT2D eigenvalue weighted by atomic mass is 10.2. The van der Waals surface area contributed by atoms with Gasteiger partial charge in [-0.25, -0.2) is 13.1 Å². The van der Waals surface area contributed by atoms with E-state index in [1.165, 1.54) is 0 Å². The number of carbonyl (C=O) groups is 1. The molecule has 2 unspecified atom stereocenters. The van der Waals surface area contributed by atoms with Crippen molar-refractivity contribution in [3.63, 3.8) is 0 Å². The third-order valence-electron chi connectivity index (χ3n) is 2.86. The molecule has 2 rings (SSSR count). The molecule has 5 heteroatoms. The molecular weight excluding hydrogens is 238 g/mol. The fourth-order valence-electron chi connectivity index (χ4n) is 1.64. The predicted molar refractivity (Wildman–Crippen MR) is 65.3 cm³/mol. The average molecular weight is 253 g/mol. The van der Waals surface area contributed by atoms with Crippen LogP contribution in [0.25, 0.3) is 0 Å². The Morgan fingerprint density at radius 1 is 1.35 bits per heavy atom. The summed E-state index contributed by atoms with van der Waals surface area (Å²) in [6.07, 6.45) is 0.860. The van der Waals surface area contributed by atoms with Crippen LogP contribution in [0.4, 0.5) is 0 Å². The molecule has 0 amide bonds. The van der Waals surface area contributed by atoms with Gasteiger partial charge >= 0.3 is 0 Å². The van der Waals surface area contributed by atoms with Gasteiger partial charge in [-0.1, -0.05) is 37.3 Å². The van der Waals surface area contributed by atoms with Gasteiger partial charge in [0, 0.05) is 11.6 Å². The van der Waals surface area contributed by atoms with Gasteiger partial charge in [0.2, 0.25) is 10.0 Å². The maximum Gasteiger partial charge on any atom is 0.219 e. The van der Waals surface area contributed by atoms with Crippen molar-refractivity contribution in [1.82, 2.24) is 4.72 Å². The van der Waals surface area contributed by atoms with E-state index in [0.29, 0.717) is 11.5 Å². The molecule has 4 nitrogen and oxygen atoms in total. The van der Waals surface area contributed by atoms with Crippen molar-refractivity contribution in [3.05, 3.63) is 35.9 Å². The molecule has 1 aromatic rings. The lowest BCUT2D eigenvalue weighted by molar-refractivity contribution is 0.102. The molecule has 0 radical (unpaired) electrons. The molecule has 1 aliphatic rings. The first kappa shape index (κ1) is 12.3. The third kappa shape index (κ3) is 3.38. The number of nitrogens with one attached hydrogen (secondary N) is 1. The zero-order valence-electron chi connectivity index (χ0n) is 9.59. The summed E-state index contributed by atoms with van der Waals surface area (Å²) in [5.41, 5.74) is 0.432. The largest absolute Gasteiger partial charge is 0.293 e. The van der Waals surface area contributed by atoms with E-state index in [1.54, 1.807) is 30.3 Å². The quantitative estimate of drug-likeness (QED) is 0.802. The number of ketones is 1. The van der Waals surface area contributed by atoms with Crippen LogP contribution in [-0.2, 0) is 10.0 Å². The summed E-state index contributed by atoms with van der Waals surface area (Å²) in [6, 6.07) is 8.49. The van der Waals surface area contributed by atoms with Gasteiger partial charge in [-0.2, -0.15) is 0 Å². The zero-order chi connectivity index (χ0) is 12.5. The standard InChI is InChI=1S/C12H15NO3S/c1-9-7-11(9)13-17(15,16)8-12(14)10-5-3-2-4-6-10/h2-6,9,11,13H,7-8H2,1H3. The van der Waals surface area contributed by atoms with E-state index in [4.69, 9.17) is 0 Å². The van der Waals surface area contributed by atoms with Crippen molar-refractivity contribution in [2.75, 3.05) is 5.75 Å². The maximum atomic E-state index is 11.7. The SMILES string of the molecule is CC1CC1NS(=O)(=O)CC(=O)c1ccccc1. The summed E-state index contributed by atoms with van der Waals surface area (Å²) in [6.45, 7) is 1.98. The maximum absolute atomic E-state index is 11.7. The first-order valence-electron chi connectivity index (χ1n) is 5.56. The van der Waals surface area contributed by atoms with Gasteiger partial charge in [0.1, 0.15) is 5.75 Å². The summed E-state index contributed by atoms with van der Waals surface area (Å²) < 4.78 is 25.9. The van der Waals surface area contributed by atoms with Gasteiger partial charge in [-0.05, 0) is 12.3 Å². The van der Waals surface area contributed by atoms with Gasteiger partial charge in [-0.15, -0.1) is 0 Å². The Kier molecular flexibility index (Phi) is 3.31. The first-order chi connectivity index (χ1) is 7.98. The third-order valence-corrected chi connectivity index (χ3v) is 4.16. The Morgan fingerprint density at radius 2 is 1.94 bits per heavy atom. The Hall–Kier alpha value is -1.20. The van der Waals surface area contributed by atoms with Crippen molar-refractivity contribution < 1.29 is 13.2 Å². The van der Waals surface area contributed by atoms with E-state index in [9.17, 15) is 13.2 Å². The number of rotatable bonds is 5. The van der Waals surface area contributed by atoms with Crippen LogP contribution >= 0.6 is 0 Å². The molecule has 92 valence electrons. The number of hydrogen-bond acceptors (Lipinski definition) is 3. The van der Waals surface area contributed by atoms with Gasteiger partial charge in [0.25, 0.3) is 0 Å². The van der Waals surface area contributed by atoms with Crippen molar-refractivity contribution in [1.29, 1.82) is 0 Å². The molecular formula is C12H15NO3S. The van der Waals surface area contributed by atoms with Gasteiger partial charge in [0.05, 0.1) is 0 Å². The van der Waals surface area contributed by atoms with Gasteiger partial charge in [-0.3, -0.25) is 4.79 Å². The van der Waals surface area contributed by atoms with Crippen molar-refractivity contribution in [3.8, 4) is 0 Å². The summed E-state index contributed by atoms with van der Waals surface area (Å²) in [5, 5.41) is 0. The molecule has 0 spiro atoms. The van der Waals surface area contributed by atoms with Crippen LogP contribution in [0.3, 0.4) is 0 Å².